The Morgan fingerprint density at radius 3 is 2.53 bits per heavy atom. The smallest absolute Gasteiger partial charge is 0.261 e. The number of nitrogens with one attached hydrogen (secondary N) is 2. The number of benzene rings is 2. The van der Waals surface area contributed by atoms with Crippen molar-refractivity contribution in [3.63, 3.8) is 0 Å². The highest BCUT2D eigenvalue weighted by molar-refractivity contribution is 6.02. The Morgan fingerprint density at radius 1 is 1.03 bits per heavy atom. The van der Waals surface area contributed by atoms with Crippen molar-refractivity contribution in [3.8, 4) is 5.75 Å². The van der Waals surface area contributed by atoms with Crippen LogP contribution in [0.4, 0.5) is 0 Å². The van der Waals surface area contributed by atoms with E-state index in [9.17, 15) is 14.4 Å². The molecule has 6 heteroatoms. The van der Waals surface area contributed by atoms with Crippen LogP contribution in [0, 0.1) is 5.41 Å². The van der Waals surface area contributed by atoms with Gasteiger partial charge in [0.2, 0.25) is 0 Å². The lowest BCUT2D eigenvalue weighted by atomic mass is 9.75. The molecule has 164 valence electrons. The summed E-state index contributed by atoms with van der Waals surface area (Å²) in [5.74, 6) is 0.0826. The number of carbonyl (C=O) groups is 2. The zero-order chi connectivity index (χ0) is 22.7. The molecule has 0 fully saturated rings. The molecule has 1 heterocycles. The van der Waals surface area contributed by atoms with E-state index in [0.29, 0.717) is 36.5 Å². The zero-order valence-electron chi connectivity index (χ0n) is 18.2. The molecule has 1 amide bonds. The lowest BCUT2D eigenvalue weighted by Gasteiger charge is -2.29. The van der Waals surface area contributed by atoms with Crippen LogP contribution in [0.15, 0.2) is 65.5 Å². The number of rotatable bonds is 6. The quantitative estimate of drug-likeness (QED) is 0.618. The van der Waals surface area contributed by atoms with Gasteiger partial charge in [-0.15, -0.1) is 0 Å². The van der Waals surface area contributed by atoms with Gasteiger partial charge in [-0.1, -0.05) is 62.4 Å². The van der Waals surface area contributed by atoms with Gasteiger partial charge in [0.25, 0.3) is 11.5 Å². The molecule has 0 saturated heterocycles. The Morgan fingerprint density at radius 2 is 1.75 bits per heavy atom. The summed E-state index contributed by atoms with van der Waals surface area (Å²) in [6.45, 7) is 4.59. The van der Waals surface area contributed by atoms with Crippen LogP contribution < -0.4 is 15.6 Å². The van der Waals surface area contributed by atoms with Gasteiger partial charge < -0.3 is 15.0 Å². The van der Waals surface area contributed by atoms with Gasteiger partial charge in [0.05, 0.1) is 0 Å². The topological polar surface area (TPSA) is 88.3 Å². The molecule has 2 aromatic carbocycles. The van der Waals surface area contributed by atoms with Crippen molar-refractivity contribution in [2.45, 2.75) is 39.8 Å². The van der Waals surface area contributed by atoms with Crippen molar-refractivity contribution >= 4 is 11.7 Å². The van der Waals surface area contributed by atoms with E-state index >= 15 is 0 Å². The number of H-pyrrole nitrogens is 1. The highest BCUT2D eigenvalue weighted by atomic mass is 16.5. The van der Waals surface area contributed by atoms with E-state index in [1.54, 1.807) is 0 Å². The first-order valence-electron chi connectivity index (χ1n) is 10.6. The largest absolute Gasteiger partial charge is 0.489 e. The molecule has 1 aliphatic rings. The van der Waals surface area contributed by atoms with Crippen LogP contribution in [0.5, 0.6) is 5.75 Å². The molecule has 0 radical (unpaired) electrons. The average molecular weight is 431 g/mol. The van der Waals surface area contributed by atoms with Gasteiger partial charge in [0.15, 0.2) is 5.78 Å². The molecule has 4 rings (SSSR count). The van der Waals surface area contributed by atoms with E-state index in [2.05, 4.69) is 10.3 Å². The molecule has 0 saturated carbocycles. The van der Waals surface area contributed by atoms with Gasteiger partial charge in [-0.05, 0) is 29.5 Å². The molecule has 0 unspecified atom stereocenters. The molecule has 32 heavy (non-hydrogen) atoms. The predicted molar refractivity (Wildman–Crippen MR) is 122 cm³/mol. The number of amides is 1. The summed E-state index contributed by atoms with van der Waals surface area (Å²) < 4.78 is 5.93. The van der Waals surface area contributed by atoms with Crippen molar-refractivity contribution in [1.29, 1.82) is 0 Å². The number of carbonyl (C=O) groups excluding carboxylic acids is 2. The number of aromatic nitrogens is 1. The molecule has 1 aliphatic carbocycles. The Labute approximate surface area is 186 Å². The van der Waals surface area contributed by atoms with Crippen LogP contribution >= 0.6 is 0 Å². The fraction of sp³-hybridized carbons (Fsp3) is 0.269. The van der Waals surface area contributed by atoms with Crippen LogP contribution in [-0.4, -0.2) is 16.7 Å². The van der Waals surface area contributed by atoms with Crippen LogP contribution in [0.2, 0.25) is 0 Å². The Kier molecular flexibility index (Phi) is 5.95. The number of ether oxygens (including phenoxy) is 1. The van der Waals surface area contributed by atoms with Crippen molar-refractivity contribution < 1.29 is 14.3 Å². The molecule has 3 aromatic rings. The SMILES string of the molecule is CC1(C)CC(=O)c2cc(C(=O)NCc3ccccc3OCc3ccccc3)c(=O)[nH]c2C1. The van der Waals surface area contributed by atoms with Gasteiger partial charge in [-0.3, -0.25) is 14.4 Å². The molecular weight excluding hydrogens is 404 g/mol. The summed E-state index contributed by atoms with van der Waals surface area (Å²) in [5, 5.41) is 2.78. The minimum absolute atomic E-state index is 0.0544. The van der Waals surface area contributed by atoms with E-state index in [0.717, 1.165) is 11.1 Å². The summed E-state index contributed by atoms with van der Waals surface area (Å²) in [7, 11) is 0. The standard InChI is InChI=1S/C26H26N2O4/c1-26(2)13-21-19(22(29)14-26)12-20(25(31)28-21)24(30)27-15-18-10-6-7-11-23(18)32-16-17-8-4-3-5-9-17/h3-12H,13-16H2,1-2H3,(H,27,30)(H,28,31). The van der Waals surface area contributed by atoms with Crippen LogP contribution in [0.25, 0.3) is 0 Å². The fourth-order valence-corrected chi connectivity index (χ4v) is 3.99. The van der Waals surface area contributed by atoms with Crippen LogP contribution in [0.3, 0.4) is 0 Å². The maximum Gasteiger partial charge on any atom is 0.261 e. The number of hydrogen-bond donors (Lipinski definition) is 2. The molecule has 0 spiro atoms. The van der Waals surface area contributed by atoms with Gasteiger partial charge in [0.1, 0.15) is 17.9 Å². The normalized spacial score (nSPS) is 14.5. The summed E-state index contributed by atoms with van der Waals surface area (Å²) in [4.78, 5) is 40.6. The predicted octanol–water partition coefficient (Wildman–Crippen LogP) is 4.04. The number of Topliss-reactive ketones (excluding diaryl/α,β-unsaturated/α-hetero) is 1. The summed E-state index contributed by atoms with van der Waals surface area (Å²) in [6.07, 6.45) is 0.983. The first-order valence-corrected chi connectivity index (χ1v) is 10.6. The number of para-hydroxylation sites is 1. The average Bonchev–Trinajstić information content (AvgIpc) is 2.76. The molecule has 0 atom stereocenters. The van der Waals surface area contributed by atoms with Crippen molar-refractivity contribution in [2.24, 2.45) is 5.41 Å². The summed E-state index contributed by atoms with van der Waals surface area (Å²) >= 11 is 0. The van der Waals surface area contributed by atoms with E-state index in [1.165, 1.54) is 6.07 Å². The second-order valence-electron chi connectivity index (χ2n) is 8.91. The van der Waals surface area contributed by atoms with Crippen LogP contribution in [0.1, 0.15) is 57.8 Å². The second-order valence-corrected chi connectivity index (χ2v) is 8.91. The maximum absolute atomic E-state index is 12.8. The minimum atomic E-state index is -0.524. The van der Waals surface area contributed by atoms with Gasteiger partial charge in [-0.25, -0.2) is 0 Å². The van der Waals surface area contributed by atoms with Crippen LogP contribution in [-0.2, 0) is 19.6 Å². The molecule has 6 nitrogen and oxygen atoms in total. The van der Waals surface area contributed by atoms with Crippen molar-refractivity contribution in [1.82, 2.24) is 10.3 Å². The third kappa shape index (κ3) is 4.80. The third-order valence-corrected chi connectivity index (χ3v) is 5.61. The number of pyridine rings is 1. The summed E-state index contributed by atoms with van der Waals surface area (Å²) in [6, 6.07) is 18.7. The van der Waals surface area contributed by atoms with Crippen molar-refractivity contribution in [3.05, 3.63) is 99.0 Å². The highest BCUT2D eigenvalue weighted by Gasteiger charge is 2.32. The zero-order valence-corrected chi connectivity index (χ0v) is 18.2. The van der Waals surface area contributed by atoms with Gasteiger partial charge in [-0.2, -0.15) is 0 Å². The molecule has 0 bridgehead atoms. The fourth-order valence-electron chi connectivity index (χ4n) is 3.99. The molecule has 2 N–H and O–H groups in total. The van der Waals surface area contributed by atoms with Crippen molar-refractivity contribution in [2.75, 3.05) is 0 Å². The lowest BCUT2D eigenvalue weighted by Crippen LogP contribution is -2.34. The first kappa shape index (κ1) is 21.6. The minimum Gasteiger partial charge on any atom is -0.489 e. The van der Waals surface area contributed by atoms with Gasteiger partial charge in [0, 0.05) is 29.8 Å². The monoisotopic (exact) mass is 430 g/mol. The van der Waals surface area contributed by atoms with E-state index in [4.69, 9.17) is 4.74 Å². The third-order valence-electron chi connectivity index (χ3n) is 5.61. The molecular formula is C26H26N2O4. The van der Waals surface area contributed by atoms with E-state index in [-0.39, 0.29) is 23.3 Å². The number of hydrogen-bond acceptors (Lipinski definition) is 4. The molecule has 1 aromatic heterocycles. The number of ketones is 1. The Bertz CT molecular complexity index is 1210. The molecule has 0 aliphatic heterocycles. The first-order chi connectivity index (χ1) is 15.3. The summed E-state index contributed by atoms with van der Waals surface area (Å²) in [5.41, 5.74) is 2.12. The Hall–Kier alpha value is -3.67. The Balaban J connectivity index is 1.47. The van der Waals surface area contributed by atoms with E-state index < -0.39 is 11.5 Å². The second kappa shape index (κ2) is 8.83. The number of fused-ring (bicyclic) bond motifs is 1. The van der Waals surface area contributed by atoms with E-state index in [1.807, 2.05) is 68.4 Å². The van der Waals surface area contributed by atoms with Gasteiger partial charge >= 0.3 is 0 Å². The highest BCUT2D eigenvalue weighted by Crippen LogP contribution is 2.33. The maximum atomic E-state index is 12.8. The number of aromatic amines is 1. The lowest BCUT2D eigenvalue weighted by molar-refractivity contribution is 0.0910.